The van der Waals surface area contributed by atoms with E-state index in [0.29, 0.717) is 11.6 Å². The lowest BCUT2D eigenvalue weighted by molar-refractivity contribution is -0.122. The van der Waals surface area contributed by atoms with Crippen molar-refractivity contribution < 1.29 is 9.59 Å². The summed E-state index contributed by atoms with van der Waals surface area (Å²) in [6, 6.07) is 8.17. The summed E-state index contributed by atoms with van der Waals surface area (Å²) in [5.74, 6) is 0.0124. The van der Waals surface area contributed by atoms with Crippen molar-refractivity contribution in [2.75, 3.05) is 6.54 Å². The van der Waals surface area contributed by atoms with Crippen LogP contribution in [-0.2, 0) is 4.79 Å². The van der Waals surface area contributed by atoms with Gasteiger partial charge in [-0.25, -0.2) is 0 Å². The van der Waals surface area contributed by atoms with Gasteiger partial charge in [-0.1, -0.05) is 29.8 Å². The molecule has 1 amide bonds. The second-order valence-corrected chi connectivity index (χ2v) is 5.93. The van der Waals surface area contributed by atoms with Gasteiger partial charge < -0.3 is 10.6 Å². The third-order valence-electron chi connectivity index (χ3n) is 3.94. The zero-order valence-corrected chi connectivity index (χ0v) is 14.0. The van der Waals surface area contributed by atoms with Crippen LogP contribution in [0.2, 0.25) is 0 Å². The number of hydrogen-bond acceptors (Lipinski definition) is 3. The Kier molecular flexibility index (Phi) is 7.56. The van der Waals surface area contributed by atoms with Crippen LogP contribution >= 0.6 is 12.4 Å². The molecule has 0 aliphatic carbocycles. The van der Waals surface area contributed by atoms with Crippen LogP contribution in [0.25, 0.3) is 0 Å². The topological polar surface area (TPSA) is 58.2 Å². The Morgan fingerprint density at radius 3 is 2.55 bits per heavy atom. The summed E-state index contributed by atoms with van der Waals surface area (Å²) in [5, 5.41) is 6.39. The lowest BCUT2D eigenvalue weighted by Gasteiger charge is -2.28. The summed E-state index contributed by atoms with van der Waals surface area (Å²) in [7, 11) is 0. The van der Waals surface area contributed by atoms with Gasteiger partial charge in [0.05, 0.1) is 0 Å². The molecule has 0 bridgehead atoms. The van der Waals surface area contributed by atoms with Crippen LogP contribution in [0.4, 0.5) is 0 Å². The molecule has 122 valence electrons. The first-order valence-corrected chi connectivity index (χ1v) is 7.67. The van der Waals surface area contributed by atoms with Gasteiger partial charge in [0.1, 0.15) is 0 Å². The molecule has 22 heavy (non-hydrogen) atoms. The minimum Gasteiger partial charge on any atom is -0.353 e. The average molecular weight is 325 g/mol. The maximum Gasteiger partial charge on any atom is 0.220 e. The number of carbonyl (C=O) groups excluding carboxylic acids is 2. The van der Waals surface area contributed by atoms with E-state index in [0.717, 1.165) is 24.9 Å². The Morgan fingerprint density at radius 1 is 1.23 bits per heavy atom. The quantitative estimate of drug-likeness (QED) is 0.819. The first kappa shape index (κ1) is 18.7. The van der Waals surface area contributed by atoms with Crippen LogP contribution in [0.3, 0.4) is 0 Å². The highest BCUT2D eigenvalue weighted by Crippen LogP contribution is 2.10. The second-order valence-electron chi connectivity index (χ2n) is 5.93. The number of ketones is 1. The van der Waals surface area contributed by atoms with Gasteiger partial charge >= 0.3 is 0 Å². The van der Waals surface area contributed by atoms with E-state index in [1.54, 1.807) is 0 Å². The largest absolute Gasteiger partial charge is 0.353 e. The number of benzene rings is 1. The molecule has 1 aromatic carbocycles. The van der Waals surface area contributed by atoms with Crippen molar-refractivity contribution in [3.05, 3.63) is 35.4 Å². The zero-order valence-electron chi connectivity index (χ0n) is 13.2. The first-order chi connectivity index (χ1) is 10.0. The molecule has 1 saturated heterocycles. The van der Waals surface area contributed by atoms with Crippen molar-refractivity contribution in [1.82, 2.24) is 10.6 Å². The molecule has 0 spiro atoms. The van der Waals surface area contributed by atoms with Gasteiger partial charge in [0.15, 0.2) is 5.78 Å². The predicted molar refractivity (Wildman–Crippen MR) is 90.6 cm³/mol. The molecule has 1 aliphatic rings. The summed E-state index contributed by atoms with van der Waals surface area (Å²) < 4.78 is 0. The van der Waals surface area contributed by atoms with E-state index in [1.165, 1.54) is 0 Å². The van der Waals surface area contributed by atoms with Crippen molar-refractivity contribution in [3.63, 3.8) is 0 Å². The predicted octanol–water partition coefficient (Wildman–Crippen LogP) is 2.64. The number of amides is 1. The number of hydrogen-bond donors (Lipinski definition) is 2. The number of aryl methyl sites for hydroxylation is 1. The van der Waals surface area contributed by atoms with E-state index in [1.807, 2.05) is 31.2 Å². The average Bonchev–Trinajstić information content (AvgIpc) is 2.45. The molecule has 1 fully saturated rings. The standard InChI is InChI=1S/C17H24N2O2.ClH/c1-12-3-5-14(6-4-12)16(20)7-8-17(21)19-15-9-10-18-13(2)11-15;/h3-6,13,15,18H,7-11H2,1-2H3,(H,19,21);1H. The van der Waals surface area contributed by atoms with Gasteiger partial charge in [0.25, 0.3) is 0 Å². The van der Waals surface area contributed by atoms with Gasteiger partial charge in [-0.3, -0.25) is 9.59 Å². The molecule has 0 saturated carbocycles. The summed E-state index contributed by atoms with van der Waals surface area (Å²) in [5.41, 5.74) is 1.81. The van der Waals surface area contributed by atoms with Gasteiger partial charge in [-0.15, -0.1) is 12.4 Å². The van der Waals surface area contributed by atoms with Gasteiger partial charge in [-0.2, -0.15) is 0 Å². The first-order valence-electron chi connectivity index (χ1n) is 7.67. The van der Waals surface area contributed by atoms with E-state index in [-0.39, 0.29) is 43.0 Å². The molecule has 1 aromatic rings. The Labute approximate surface area is 138 Å². The molecule has 2 unspecified atom stereocenters. The molecule has 2 N–H and O–H groups in total. The summed E-state index contributed by atoms with van der Waals surface area (Å²) in [6.45, 7) is 5.05. The Morgan fingerprint density at radius 2 is 1.91 bits per heavy atom. The van der Waals surface area contributed by atoms with Crippen molar-refractivity contribution in [2.45, 2.75) is 51.6 Å². The smallest absolute Gasteiger partial charge is 0.220 e. The molecule has 2 rings (SSSR count). The van der Waals surface area contributed by atoms with E-state index < -0.39 is 0 Å². The number of halogens is 1. The normalized spacial score (nSPS) is 20.8. The third-order valence-corrected chi connectivity index (χ3v) is 3.94. The molecule has 4 nitrogen and oxygen atoms in total. The minimum absolute atomic E-state index is 0. The molecule has 1 heterocycles. The summed E-state index contributed by atoms with van der Waals surface area (Å²) >= 11 is 0. The van der Waals surface area contributed by atoms with Crippen molar-refractivity contribution in [3.8, 4) is 0 Å². The zero-order chi connectivity index (χ0) is 15.2. The van der Waals surface area contributed by atoms with Crippen LogP contribution in [0.1, 0.15) is 48.5 Å². The molecule has 0 radical (unpaired) electrons. The van der Waals surface area contributed by atoms with Crippen LogP contribution in [0.5, 0.6) is 0 Å². The highest BCUT2D eigenvalue weighted by molar-refractivity contribution is 5.97. The van der Waals surface area contributed by atoms with Crippen molar-refractivity contribution in [1.29, 1.82) is 0 Å². The van der Waals surface area contributed by atoms with Gasteiger partial charge in [0, 0.05) is 30.5 Å². The molecular formula is C17H25ClN2O2. The van der Waals surface area contributed by atoms with Crippen LogP contribution < -0.4 is 10.6 Å². The summed E-state index contributed by atoms with van der Waals surface area (Å²) in [6.07, 6.45) is 2.46. The molecule has 0 aromatic heterocycles. The van der Waals surface area contributed by atoms with Gasteiger partial charge in [-0.05, 0) is 33.2 Å². The number of carbonyl (C=O) groups is 2. The monoisotopic (exact) mass is 324 g/mol. The highest BCUT2D eigenvalue weighted by atomic mass is 35.5. The third kappa shape index (κ3) is 5.78. The summed E-state index contributed by atoms with van der Waals surface area (Å²) in [4.78, 5) is 23.9. The molecule has 1 aliphatic heterocycles. The second kappa shape index (κ2) is 8.91. The number of piperidine rings is 1. The maximum absolute atomic E-state index is 12.0. The van der Waals surface area contributed by atoms with E-state index in [4.69, 9.17) is 0 Å². The fraction of sp³-hybridized carbons (Fsp3) is 0.529. The van der Waals surface area contributed by atoms with E-state index >= 15 is 0 Å². The SMILES string of the molecule is Cc1ccc(C(=O)CCC(=O)NC2CCNC(C)C2)cc1.Cl. The minimum atomic E-state index is -0.0189. The Bertz CT molecular complexity index is 502. The van der Waals surface area contributed by atoms with E-state index in [2.05, 4.69) is 17.6 Å². The van der Waals surface area contributed by atoms with E-state index in [9.17, 15) is 9.59 Å². The van der Waals surface area contributed by atoms with Crippen molar-refractivity contribution >= 4 is 24.1 Å². The highest BCUT2D eigenvalue weighted by Gasteiger charge is 2.20. The Balaban J connectivity index is 0.00000242. The van der Waals surface area contributed by atoms with Crippen molar-refractivity contribution in [2.24, 2.45) is 0 Å². The molecule has 5 heteroatoms. The maximum atomic E-state index is 12.0. The van der Waals surface area contributed by atoms with Crippen LogP contribution in [-0.4, -0.2) is 30.3 Å². The fourth-order valence-corrected chi connectivity index (χ4v) is 2.67. The molecule has 2 atom stereocenters. The molecular weight excluding hydrogens is 300 g/mol. The van der Waals surface area contributed by atoms with Crippen LogP contribution in [0.15, 0.2) is 24.3 Å². The lowest BCUT2D eigenvalue weighted by atomic mass is 10.00. The lowest BCUT2D eigenvalue weighted by Crippen LogP contribution is -2.46. The fourth-order valence-electron chi connectivity index (χ4n) is 2.67. The number of Topliss-reactive ketones (excluding diaryl/α,β-unsaturated/α-hetero) is 1. The number of nitrogens with one attached hydrogen (secondary N) is 2. The Hall–Kier alpha value is -1.39. The van der Waals surface area contributed by atoms with Crippen LogP contribution in [0, 0.1) is 6.92 Å². The number of rotatable bonds is 5. The van der Waals surface area contributed by atoms with Gasteiger partial charge in [0.2, 0.25) is 5.91 Å².